The SMILES string of the molecule is CNCCCCCCn1cc(Cl)c(C)n1. The van der Waals surface area contributed by atoms with Crippen LogP contribution < -0.4 is 5.32 Å². The van der Waals surface area contributed by atoms with E-state index < -0.39 is 0 Å². The van der Waals surface area contributed by atoms with E-state index in [-0.39, 0.29) is 0 Å². The maximum absolute atomic E-state index is 5.92. The predicted octanol–water partition coefficient (Wildman–Crippen LogP) is 2.62. The van der Waals surface area contributed by atoms with Crippen LogP contribution in [0.15, 0.2) is 6.20 Å². The molecule has 1 heterocycles. The van der Waals surface area contributed by atoms with E-state index in [4.69, 9.17) is 11.6 Å². The van der Waals surface area contributed by atoms with Crippen molar-refractivity contribution in [3.05, 3.63) is 16.9 Å². The second-order valence-corrected chi connectivity index (χ2v) is 4.25. The lowest BCUT2D eigenvalue weighted by atomic mass is 10.2. The van der Waals surface area contributed by atoms with Crippen LogP contribution in [-0.4, -0.2) is 23.4 Å². The first-order valence-electron chi connectivity index (χ1n) is 5.58. The first kappa shape index (κ1) is 12.5. The lowest BCUT2D eigenvalue weighted by molar-refractivity contribution is 0.529. The smallest absolute Gasteiger partial charge is 0.0814 e. The molecule has 1 aromatic rings. The Morgan fingerprint density at radius 1 is 1.33 bits per heavy atom. The van der Waals surface area contributed by atoms with Crippen LogP contribution in [0, 0.1) is 6.92 Å². The molecule has 0 spiro atoms. The molecule has 0 aliphatic heterocycles. The fourth-order valence-electron chi connectivity index (χ4n) is 1.54. The van der Waals surface area contributed by atoms with E-state index in [2.05, 4.69) is 10.4 Å². The summed E-state index contributed by atoms with van der Waals surface area (Å²) >= 11 is 5.92. The topological polar surface area (TPSA) is 29.9 Å². The number of unbranched alkanes of at least 4 members (excludes halogenated alkanes) is 3. The van der Waals surface area contributed by atoms with Gasteiger partial charge in [-0.1, -0.05) is 24.4 Å². The molecule has 3 nitrogen and oxygen atoms in total. The summed E-state index contributed by atoms with van der Waals surface area (Å²) in [6.45, 7) is 4.03. The van der Waals surface area contributed by atoms with Gasteiger partial charge in [0.25, 0.3) is 0 Å². The Bertz CT molecular complexity index is 264. The van der Waals surface area contributed by atoms with Crippen molar-refractivity contribution < 1.29 is 0 Å². The third-order valence-corrected chi connectivity index (χ3v) is 2.82. The van der Waals surface area contributed by atoms with Gasteiger partial charge in [0.05, 0.1) is 10.7 Å². The van der Waals surface area contributed by atoms with E-state index >= 15 is 0 Å². The Labute approximate surface area is 96.8 Å². The molecule has 0 fully saturated rings. The highest BCUT2D eigenvalue weighted by Gasteiger charge is 2.00. The van der Waals surface area contributed by atoms with E-state index in [1.165, 1.54) is 25.7 Å². The van der Waals surface area contributed by atoms with Crippen molar-refractivity contribution in [2.75, 3.05) is 13.6 Å². The molecular weight excluding hydrogens is 210 g/mol. The van der Waals surface area contributed by atoms with Crippen LogP contribution in [0.25, 0.3) is 0 Å². The van der Waals surface area contributed by atoms with Crippen molar-refractivity contribution in [1.29, 1.82) is 0 Å². The third-order valence-electron chi connectivity index (χ3n) is 2.45. The van der Waals surface area contributed by atoms with Gasteiger partial charge in [0, 0.05) is 12.7 Å². The average molecular weight is 230 g/mol. The highest BCUT2D eigenvalue weighted by Crippen LogP contribution is 2.12. The number of nitrogens with zero attached hydrogens (tertiary/aromatic N) is 2. The summed E-state index contributed by atoms with van der Waals surface area (Å²) in [7, 11) is 1.99. The number of halogens is 1. The van der Waals surface area contributed by atoms with Gasteiger partial charge in [0.2, 0.25) is 0 Å². The number of hydrogen-bond acceptors (Lipinski definition) is 2. The normalized spacial score (nSPS) is 10.9. The Hall–Kier alpha value is -0.540. The fourth-order valence-corrected chi connectivity index (χ4v) is 1.69. The van der Waals surface area contributed by atoms with Gasteiger partial charge in [0.15, 0.2) is 0 Å². The van der Waals surface area contributed by atoms with Crippen molar-refractivity contribution >= 4 is 11.6 Å². The first-order valence-corrected chi connectivity index (χ1v) is 5.96. The lowest BCUT2D eigenvalue weighted by Gasteiger charge is -2.01. The molecule has 0 aliphatic carbocycles. The predicted molar refractivity (Wildman–Crippen MR) is 64.4 cm³/mol. The fraction of sp³-hybridized carbons (Fsp3) is 0.727. The molecule has 0 radical (unpaired) electrons. The molecular formula is C11H20ClN3. The van der Waals surface area contributed by atoms with Gasteiger partial charge in [-0.05, 0) is 33.4 Å². The maximum atomic E-state index is 5.92. The molecule has 0 aromatic carbocycles. The maximum Gasteiger partial charge on any atom is 0.0814 e. The van der Waals surface area contributed by atoms with E-state index in [9.17, 15) is 0 Å². The Morgan fingerprint density at radius 3 is 2.67 bits per heavy atom. The Balaban J connectivity index is 2.10. The summed E-state index contributed by atoms with van der Waals surface area (Å²) in [5.41, 5.74) is 0.923. The average Bonchev–Trinajstić information content (AvgIpc) is 2.52. The van der Waals surface area contributed by atoms with E-state index in [0.29, 0.717) is 0 Å². The van der Waals surface area contributed by atoms with Crippen molar-refractivity contribution in [3.63, 3.8) is 0 Å². The first-order chi connectivity index (χ1) is 7.24. The lowest BCUT2D eigenvalue weighted by Crippen LogP contribution is -2.07. The Kier molecular flexibility index (Phi) is 5.73. The summed E-state index contributed by atoms with van der Waals surface area (Å²) in [6, 6.07) is 0. The molecule has 0 saturated carbocycles. The van der Waals surface area contributed by atoms with Crippen molar-refractivity contribution in [1.82, 2.24) is 15.1 Å². The van der Waals surface area contributed by atoms with Crippen molar-refractivity contribution in [2.45, 2.75) is 39.2 Å². The van der Waals surface area contributed by atoms with E-state index in [0.717, 1.165) is 23.8 Å². The summed E-state index contributed by atoms with van der Waals surface area (Å²) < 4.78 is 1.94. The van der Waals surface area contributed by atoms with Crippen LogP contribution in [0.4, 0.5) is 0 Å². The molecule has 1 aromatic heterocycles. The zero-order chi connectivity index (χ0) is 11.1. The number of aryl methyl sites for hydroxylation is 2. The zero-order valence-electron chi connectivity index (χ0n) is 9.59. The van der Waals surface area contributed by atoms with Crippen LogP contribution in [0.3, 0.4) is 0 Å². The van der Waals surface area contributed by atoms with E-state index in [1.807, 2.05) is 24.9 Å². The van der Waals surface area contributed by atoms with Gasteiger partial charge in [0.1, 0.15) is 0 Å². The highest BCUT2D eigenvalue weighted by atomic mass is 35.5. The largest absolute Gasteiger partial charge is 0.320 e. The summed E-state index contributed by atoms with van der Waals surface area (Å²) in [5.74, 6) is 0. The van der Waals surface area contributed by atoms with Gasteiger partial charge in [-0.15, -0.1) is 0 Å². The van der Waals surface area contributed by atoms with Crippen LogP contribution in [0.5, 0.6) is 0 Å². The summed E-state index contributed by atoms with van der Waals surface area (Å²) in [5, 5.41) is 8.24. The molecule has 15 heavy (non-hydrogen) atoms. The molecule has 0 bridgehead atoms. The van der Waals surface area contributed by atoms with Crippen LogP contribution in [-0.2, 0) is 6.54 Å². The quantitative estimate of drug-likeness (QED) is 0.729. The molecule has 0 atom stereocenters. The standard InChI is InChI=1S/C11H20ClN3/c1-10-11(12)9-15(14-10)8-6-4-3-5-7-13-2/h9,13H,3-8H2,1-2H3. The van der Waals surface area contributed by atoms with Gasteiger partial charge in [-0.25, -0.2) is 0 Å². The highest BCUT2D eigenvalue weighted by molar-refractivity contribution is 6.31. The third kappa shape index (κ3) is 4.67. The molecule has 86 valence electrons. The van der Waals surface area contributed by atoms with Gasteiger partial charge in [-0.2, -0.15) is 5.10 Å². The number of nitrogens with one attached hydrogen (secondary N) is 1. The van der Waals surface area contributed by atoms with E-state index in [1.54, 1.807) is 0 Å². The minimum atomic E-state index is 0.769. The molecule has 1 rings (SSSR count). The minimum absolute atomic E-state index is 0.769. The monoisotopic (exact) mass is 229 g/mol. The molecule has 0 unspecified atom stereocenters. The van der Waals surface area contributed by atoms with Crippen molar-refractivity contribution in [2.24, 2.45) is 0 Å². The number of rotatable bonds is 7. The second-order valence-electron chi connectivity index (χ2n) is 3.84. The molecule has 4 heteroatoms. The Morgan fingerprint density at radius 2 is 2.07 bits per heavy atom. The molecule has 0 amide bonds. The van der Waals surface area contributed by atoms with Crippen molar-refractivity contribution in [3.8, 4) is 0 Å². The summed E-state index contributed by atoms with van der Waals surface area (Å²) in [4.78, 5) is 0. The number of hydrogen-bond donors (Lipinski definition) is 1. The molecule has 0 saturated heterocycles. The number of aromatic nitrogens is 2. The van der Waals surface area contributed by atoms with Gasteiger partial charge in [-0.3, -0.25) is 4.68 Å². The zero-order valence-corrected chi connectivity index (χ0v) is 10.3. The van der Waals surface area contributed by atoms with Gasteiger partial charge >= 0.3 is 0 Å². The van der Waals surface area contributed by atoms with Crippen LogP contribution in [0.2, 0.25) is 5.02 Å². The second kappa shape index (κ2) is 6.85. The van der Waals surface area contributed by atoms with Crippen LogP contribution in [0.1, 0.15) is 31.4 Å². The minimum Gasteiger partial charge on any atom is -0.320 e. The molecule has 0 aliphatic rings. The molecule has 1 N–H and O–H groups in total. The van der Waals surface area contributed by atoms with Crippen LogP contribution >= 0.6 is 11.6 Å². The summed E-state index contributed by atoms with van der Waals surface area (Å²) in [6.07, 6.45) is 6.90. The van der Waals surface area contributed by atoms with Gasteiger partial charge < -0.3 is 5.32 Å².